The van der Waals surface area contributed by atoms with Crippen LogP contribution in [-0.2, 0) is 19.9 Å². The van der Waals surface area contributed by atoms with Crippen LogP contribution in [0.25, 0.3) is 0 Å². The molecule has 1 N–H and O–H groups in total. The van der Waals surface area contributed by atoms with E-state index in [1.807, 2.05) is 19.3 Å². The topological polar surface area (TPSA) is 38.0 Å². The van der Waals surface area contributed by atoms with Gasteiger partial charge >= 0.3 is 0 Å². The van der Waals surface area contributed by atoms with E-state index >= 15 is 0 Å². The number of nitrogens with zero attached hydrogens (tertiary/aromatic N) is 2. The summed E-state index contributed by atoms with van der Waals surface area (Å²) >= 11 is 0. The summed E-state index contributed by atoms with van der Waals surface area (Å²) in [6.45, 7) is 0. The van der Waals surface area contributed by atoms with E-state index < -0.39 is 6.10 Å². The molecule has 1 aromatic carbocycles. The maximum Gasteiger partial charge on any atom is 0.123 e. The van der Waals surface area contributed by atoms with Crippen LogP contribution in [0.2, 0.25) is 0 Å². The molecular weight excluding hydrogens is 219 g/mol. The first-order valence-electron chi connectivity index (χ1n) is 5.53. The van der Waals surface area contributed by atoms with Crippen molar-refractivity contribution in [3.63, 3.8) is 0 Å². The van der Waals surface area contributed by atoms with Gasteiger partial charge in [-0.2, -0.15) is 5.10 Å². The zero-order valence-corrected chi connectivity index (χ0v) is 9.68. The molecule has 1 aromatic heterocycles. The molecule has 0 amide bonds. The van der Waals surface area contributed by atoms with Crippen LogP contribution in [0, 0.1) is 5.82 Å². The quantitative estimate of drug-likeness (QED) is 0.874. The summed E-state index contributed by atoms with van der Waals surface area (Å²) in [5.74, 6) is -0.268. The van der Waals surface area contributed by atoms with Crippen molar-refractivity contribution in [2.75, 3.05) is 0 Å². The van der Waals surface area contributed by atoms with Crippen molar-refractivity contribution in [1.29, 1.82) is 0 Å². The number of aliphatic hydroxyl groups excluding tert-OH is 1. The summed E-state index contributed by atoms with van der Waals surface area (Å²) in [7, 11) is 1.84. The number of benzene rings is 1. The SMILES string of the molecule is Cn1cc(CC(O)Cc2cccc(F)c2)cn1. The minimum absolute atomic E-state index is 0.268. The van der Waals surface area contributed by atoms with Crippen LogP contribution in [0.4, 0.5) is 4.39 Å². The lowest BCUT2D eigenvalue weighted by Crippen LogP contribution is -2.13. The maximum absolute atomic E-state index is 13.0. The number of aliphatic hydroxyl groups is 1. The van der Waals surface area contributed by atoms with Gasteiger partial charge in [0.25, 0.3) is 0 Å². The van der Waals surface area contributed by atoms with Crippen molar-refractivity contribution >= 4 is 0 Å². The van der Waals surface area contributed by atoms with Gasteiger partial charge < -0.3 is 5.11 Å². The highest BCUT2D eigenvalue weighted by atomic mass is 19.1. The summed E-state index contributed by atoms with van der Waals surface area (Å²) in [4.78, 5) is 0. The molecule has 1 unspecified atom stereocenters. The van der Waals surface area contributed by atoms with E-state index in [2.05, 4.69) is 5.10 Å². The van der Waals surface area contributed by atoms with Gasteiger partial charge in [0.15, 0.2) is 0 Å². The number of aryl methyl sites for hydroxylation is 1. The molecule has 0 radical (unpaired) electrons. The summed E-state index contributed by atoms with van der Waals surface area (Å²) in [5.41, 5.74) is 1.79. The third kappa shape index (κ3) is 3.39. The van der Waals surface area contributed by atoms with E-state index in [9.17, 15) is 9.50 Å². The molecule has 0 aliphatic heterocycles. The summed E-state index contributed by atoms with van der Waals surface area (Å²) < 4.78 is 14.7. The van der Waals surface area contributed by atoms with Crippen molar-refractivity contribution in [2.45, 2.75) is 18.9 Å². The fourth-order valence-electron chi connectivity index (χ4n) is 1.86. The molecule has 0 bridgehead atoms. The zero-order chi connectivity index (χ0) is 12.3. The van der Waals surface area contributed by atoms with Crippen LogP contribution in [-0.4, -0.2) is 21.0 Å². The average Bonchev–Trinajstić information content (AvgIpc) is 2.63. The van der Waals surface area contributed by atoms with E-state index in [-0.39, 0.29) is 5.82 Å². The second-order valence-corrected chi connectivity index (χ2v) is 4.21. The molecule has 0 spiro atoms. The van der Waals surface area contributed by atoms with Crippen LogP contribution in [0.3, 0.4) is 0 Å². The van der Waals surface area contributed by atoms with Gasteiger partial charge in [-0.15, -0.1) is 0 Å². The third-order valence-electron chi connectivity index (χ3n) is 2.59. The largest absolute Gasteiger partial charge is 0.392 e. The lowest BCUT2D eigenvalue weighted by molar-refractivity contribution is 0.175. The Bertz CT molecular complexity index is 496. The lowest BCUT2D eigenvalue weighted by Gasteiger charge is -2.09. The number of rotatable bonds is 4. The Labute approximate surface area is 99.5 Å². The molecule has 0 saturated heterocycles. The van der Waals surface area contributed by atoms with Gasteiger partial charge in [-0.1, -0.05) is 12.1 Å². The first-order chi connectivity index (χ1) is 8.13. The van der Waals surface area contributed by atoms with Gasteiger partial charge in [-0.25, -0.2) is 4.39 Å². The molecule has 0 saturated carbocycles. The van der Waals surface area contributed by atoms with Gasteiger partial charge in [-0.05, 0) is 29.7 Å². The molecule has 0 fully saturated rings. The van der Waals surface area contributed by atoms with Crippen molar-refractivity contribution in [1.82, 2.24) is 9.78 Å². The van der Waals surface area contributed by atoms with E-state index in [1.165, 1.54) is 12.1 Å². The Kier molecular flexibility index (Phi) is 3.54. The van der Waals surface area contributed by atoms with E-state index in [0.29, 0.717) is 12.8 Å². The van der Waals surface area contributed by atoms with Crippen molar-refractivity contribution < 1.29 is 9.50 Å². The molecule has 1 atom stereocenters. The van der Waals surface area contributed by atoms with Crippen LogP contribution in [0.5, 0.6) is 0 Å². The Hall–Kier alpha value is -1.68. The maximum atomic E-state index is 13.0. The van der Waals surface area contributed by atoms with Gasteiger partial charge in [0, 0.05) is 19.7 Å². The average molecular weight is 234 g/mol. The molecule has 90 valence electrons. The predicted octanol–water partition coefficient (Wildman–Crippen LogP) is 1.71. The highest BCUT2D eigenvalue weighted by molar-refractivity contribution is 5.18. The molecule has 0 aliphatic rings. The first-order valence-corrected chi connectivity index (χ1v) is 5.53. The lowest BCUT2D eigenvalue weighted by atomic mass is 10.0. The molecule has 17 heavy (non-hydrogen) atoms. The second-order valence-electron chi connectivity index (χ2n) is 4.21. The normalized spacial score (nSPS) is 12.6. The van der Waals surface area contributed by atoms with E-state index in [1.54, 1.807) is 16.9 Å². The molecular formula is C13H15FN2O. The third-order valence-corrected chi connectivity index (χ3v) is 2.59. The van der Waals surface area contributed by atoms with E-state index in [4.69, 9.17) is 0 Å². The molecule has 2 rings (SSSR count). The standard InChI is InChI=1S/C13H15FN2O/c1-16-9-11(8-15-16)7-13(17)6-10-3-2-4-12(14)5-10/h2-5,8-9,13,17H,6-7H2,1H3. The fraction of sp³-hybridized carbons (Fsp3) is 0.308. The summed E-state index contributed by atoms with van der Waals surface area (Å²) in [6.07, 6.45) is 4.07. The zero-order valence-electron chi connectivity index (χ0n) is 9.68. The van der Waals surface area contributed by atoms with Gasteiger partial charge in [0.1, 0.15) is 5.82 Å². The van der Waals surface area contributed by atoms with Crippen molar-refractivity contribution in [3.05, 3.63) is 53.6 Å². The van der Waals surface area contributed by atoms with Crippen LogP contribution >= 0.6 is 0 Å². The number of hydrogen-bond acceptors (Lipinski definition) is 2. The Morgan fingerprint density at radius 3 is 2.76 bits per heavy atom. The molecule has 4 heteroatoms. The van der Waals surface area contributed by atoms with Crippen LogP contribution < -0.4 is 0 Å². The molecule has 0 aliphatic carbocycles. The molecule has 1 heterocycles. The monoisotopic (exact) mass is 234 g/mol. The summed E-state index contributed by atoms with van der Waals surface area (Å²) in [6, 6.07) is 6.32. The van der Waals surface area contributed by atoms with Gasteiger partial charge in [0.2, 0.25) is 0 Å². The van der Waals surface area contributed by atoms with Crippen LogP contribution in [0.15, 0.2) is 36.7 Å². The van der Waals surface area contributed by atoms with Gasteiger partial charge in [0.05, 0.1) is 12.3 Å². The minimum Gasteiger partial charge on any atom is -0.392 e. The van der Waals surface area contributed by atoms with Crippen molar-refractivity contribution in [2.24, 2.45) is 7.05 Å². The first kappa shape index (κ1) is 11.8. The molecule has 2 aromatic rings. The Morgan fingerprint density at radius 2 is 2.12 bits per heavy atom. The highest BCUT2D eigenvalue weighted by Gasteiger charge is 2.08. The van der Waals surface area contributed by atoms with Crippen molar-refractivity contribution in [3.8, 4) is 0 Å². The highest BCUT2D eigenvalue weighted by Crippen LogP contribution is 2.10. The minimum atomic E-state index is -0.513. The number of hydrogen-bond donors (Lipinski definition) is 1. The number of aromatic nitrogens is 2. The Morgan fingerprint density at radius 1 is 1.35 bits per heavy atom. The van der Waals surface area contributed by atoms with Crippen LogP contribution in [0.1, 0.15) is 11.1 Å². The van der Waals surface area contributed by atoms with Gasteiger partial charge in [-0.3, -0.25) is 4.68 Å². The predicted molar refractivity (Wildman–Crippen MR) is 63.0 cm³/mol. The molecule has 3 nitrogen and oxygen atoms in total. The van der Waals surface area contributed by atoms with E-state index in [0.717, 1.165) is 11.1 Å². The Balaban J connectivity index is 1.95. The fourth-order valence-corrected chi connectivity index (χ4v) is 1.86. The summed E-state index contributed by atoms with van der Waals surface area (Å²) in [5, 5.41) is 13.9. The second kappa shape index (κ2) is 5.10. The number of halogens is 1. The smallest absolute Gasteiger partial charge is 0.123 e.